The number of carbonyl (C=O) groups is 2. The van der Waals surface area contributed by atoms with Gasteiger partial charge >= 0.3 is 0 Å². The summed E-state index contributed by atoms with van der Waals surface area (Å²) < 4.78 is 0. The van der Waals surface area contributed by atoms with Gasteiger partial charge in [-0.05, 0) is 24.8 Å². The van der Waals surface area contributed by atoms with Crippen molar-refractivity contribution in [3.63, 3.8) is 0 Å². The topological polar surface area (TPSA) is 60.9 Å². The third-order valence-corrected chi connectivity index (χ3v) is 4.11. The first-order chi connectivity index (χ1) is 10.1. The molecule has 0 aromatic heterocycles. The van der Waals surface area contributed by atoms with E-state index in [1.165, 1.54) is 9.80 Å². The number of aliphatic hydroxyl groups excluding tert-OH is 1. The van der Waals surface area contributed by atoms with Crippen molar-refractivity contribution in [3.8, 4) is 0 Å². The van der Waals surface area contributed by atoms with Gasteiger partial charge in [0.1, 0.15) is 6.23 Å². The Morgan fingerprint density at radius 2 is 1.95 bits per heavy atom. The third kappa shape index (κ3) is 3.24. The lowest BCUT2D eigenvalue weighted by atomic mass is 10.1. The molecule has 2 fully saturated rings. The number of rotatable bonds is 4. The zero-order chi connectivity index (χ0) is 14.8. The maximum Gasteiger partial charge on any atom is 0.244 e. The van der Waals surface area contributed by atoms with Crippen LogP contribution in [0, 0.1) is 5.92 Å². The predicted octanol–water partition coefficient (Wildman–Crippen LogP) is 0.628. The van der Waals surface area contributed by atoms with Crippen LogP contribution in [0.3, 0.4) is 0 Å². The van der Waals surface area contributed by atoms with E-state index in [0.29, 0.717) is 13.0 Å². The molecule has 1 N–H and O–H groups in total. The van der Waals surface area contributed by atoms with Crippen molar-refractivity contribution >= 4 is 11.8 Å². The fraction of sp³-hybridized carbons (Fsp3) is 0.500. The minimum Gasteiger partial charge on any atom is -0.372 e. The van der Waals surface area contributed by atoms with Gasteiger partial charge in [0.15, 0.2) is 0 Å². The van der Waals surface area contributed by atoms with E-state index in [9.17, 15) is 14.7 Å². The maximum absolute atomic E-state index is 12.2. The van der Waals surface area contributed by atoms with E-state index in [1.54, 1.807) is 0 Å². The molecule has 1 heterocycles. The van der Waals surface area contributed by atoms with Gasteiger partial charge < -0.3 is 14.9 Å². The average Bonchev–Trinajstić information content (AvgIpc) is 3.31. The molecule has 2 aliphatic rings. The summed E-state index contributed by atoms with van der Waals surface area (Å²) in [7, 11) is 0. The second-order valence-electron chi connectivity index (χ2n) is 5.80. The monoisotopic (exact) mass is 288 g/mol. The van der Waals surface area contributed by atoms with Crippen molar-refractivity contribution in [3.05, 3.63) is 35.9 Å². The third-order valence-electron chi connectivity index (χ3n) is 4.11. The number of amides is 2. The normalized spacial score (nSPS) is 22.5. The molecule has 5 heteroatoms. The van der Waals surface area contributed by atoms with Gasteiger partial charge in [0.2, 0.25) is 11.8 Å². The Kier molecular flexibility index (Phi) is 3.92. The van der Waals surface area contributed by atoms with E-state index in [1.807, 2.05) is 30.3 Å². The van der Waals surface area contributed by atoms with Gasteiger partial charge in [-0.15, -0.1) is 0 Å². The molecule has 1 saturated carbocycles. The highest BCUT2D eigenvalue weighted by Gasteiger charge is 2.39. The molecule has 1 saturated heterocycles. The molecule has 2 amide bonds. The van der Waals surface area contributed by atoms with Crippen LogP contribution >= 0.6 is 0 Å². The lowest BCUT2D eigenvalue weighted by Crippen LogP contribution is -2.58. The van der Waals surface area contributed by atoms with E-state index in [4.69, 9.17) is 0 Å². The first-order valence-corrected chi connectivity index (χ1v) is 7.45. The van der Waals surface area contributed by atoms with Gasteiger partial charge in [0, 0.05) is 12.5 Å². The summed E-state index contributed by atoms with van der Waals surface area (Å²) in [6.45, 7) is 0.812. The number of piperazine rings is 1. The standard InChI is InChI=1S/C16H20N2O3/c19-14-10-17(16(21)13-6-7-13)11-15(20)18(14)9-8-12-4-2-1-3-5-12/h1-5,13-14,19H,6-11H2. The Balaban J connectivity index is 1.57. The van der Waals surface area contributed by atoms with Gasteiger partial charge in [0.25, 0.3) is 0 Å². The predicted molar refractivity (Wildman–Crippen MR) is 77.2 cm³/mol. The van der Waals surface area contributed by atoms with E-state index >= 15 is 0 Å². The Hall–Kier alpha value is -1.88. The minimum absolute atomic E-state index is 0.0186. The molecule has 5 nitrogen and oxygen atoms in total. The van der Waals surface area contributed by atoms with Gasteiger partial charge in [-0.2, -0.15) is 0 Å². The van der Waals surface area contributed by atoms with Crippen molar-refractivity contribution in [1.29, 1.82) is 0 Å². The summed E-state index contributed by atoms with van der Waals surface area (Å²) in [6, 6.07) is 9.87. The fourth-order valence-corrected chi connectivity index (χ4v) is 2.70. The second-order valence-corrected chi connectivity index (χ2v) is 5.80. The molecule has 0 spiro atoms. The van der Waals surface area contributed by atoms with E-state index in [0.717, 1.165) is 18.4 Å². The van der Waals surface area contributed by atoms with Crippen molar-refractivity contribution in [1.82, 2.24) is 9.80 Å². The van der Waals surface area contributed by atoms with Crippen LogP contribution in [0.5, 0.6) is 0 Å². The SMILES string of the molecule is O=C(C1CC1)N1CC(=O)N(CCc2ccccc2)C(O)C1. The smallest absolute Gasteiger partial charge is 0.244 e. The van der Waals surface area contributed by atoms with Crippen molar-refractivity contribution < 1.29 is 14.7 Å². The largest absolute Gasteiger partial charge is 0.372 e. The van der Waals surface area contributed by atoms with Crippen LogP contribution in [0.1, 0.15) is 18.4 Å². The highest BCUT2D eigenvalue weighted by molar-refractivity contribution is 5.88. The van der Waals surface area contributed by atoms with Crippen molar-refractivity contribution in [2.75, 3.05) is 19.6 Å². The van der Waals surface area contributed by atoms with E-state index in [-0.39, 0.29) is 30.8 Å². The van der Waals surface area contributed by atoms with Crippen molar-refractivity contribution in [2.24, 2.45) is 5.92 Å². The molecule has 0 radical (unpaired) electrons. The summed E-state index contributed by atoms with van der Waals surface area (Å²) in [4.78, 5) is 27.1. The number of nitrogens with zero attached hydrogens (tertiary/aromatic N) is 2. The number of hydrogen-bond donors (Lipinski definition) is 1. The fourth-order valence-electron chi connectivity index (χ4n) is 2.70. The molecule has 21 heavy (non-hydrogen) atoms. The Bertz CT molecular complexity index is 528. The molecule has 1 aliphatic heterocycles. The molecule has 1 aromatic rings. The van der Waals surface area contributed by atoms with Gasteiger partial charge in [-0.3, -0.25) is 9.59 Å². The Labute approximate surface area is 124 Å². The Morgan fingerprint density at radius 1 is 1.24 bits per heavy atom. The lowest BCUT2D eigenvalue weighted by Gasteiger charge is -2.38. The Morgan fingerprint density at radius 3 is 2.57 bits per heavy atom. The molecular formula is C16H20N2O3. The summed E-state index contributed by atoms with van der Waals surface area (Å²) in [5, 5.41) is 10.2. The summed E-state index contributed by atoms with van der Waals surface area (Å²) in [5.41, 5.74) is 1.13. The first-order valence-electron chi connectivity index (χ1n) is 7.45. The molecular weight excluding hydrogens is 268 g/mol. The summed E-state index contributed by atoms with van der Waals surface area (Å²) in [6.07, 6.45) is 1.65. The van der Waals surface area contributed by atoms with Gasteiger partial charge in [-0.25, -0.2) is 0 Å². The zero-order valence-electron chi connectivity index (χ0n) is 11.9. The quantitative estimate of drug-likeness (QED) is 0.884. The molecule has 1 unspecified atom stereocenters. The average molecular weight is 288 g/mol. The molecule has 1 aromatic carbocycles. The number of benzene rings is 1. The molecule has 112 valence electrons. The number of aliphatic hydroxyl groups is 1. The van der Waals surface area contributed by atoms with Crippen LogP contribution in [0.25, 0.3) is 0 Å². The zero-order valence-corrected chi connectivity index (χ0v) is 11.9. The molecule has 1 aliphatic carbocycles. The van der Waals surface area contributed by atoms with Crippen LogP contribution in [0.2, 0.25) is 0 Å². The van der Waals surface area contributed by atoms with Crippen LogP contribution in [-0.2, 0) is 16.0 Å². The van der Waals surface area contributed by atoms with Crippen LogP contribution in [-0.4, -0.2) is 52.6 Å². The van der Waals surface area contributed by atoms with Crippen LogP contribution in [0.4, 0.5) is 0 Å². The molecule has 3 rings (SSSR count). The number of β-amino-alcohol motifs (C(OH)–C–C–N with tert-alkyl or cyclic N) is 1. The van der Waals surface area contributed by atoms with E-state index < -0.39 is 6.23 Å². The van der Waals surface area contributed by atoms with Crippen LogP contribution < -0.4 is 0 Å². The summed E-state index contributed by atoms with van der Waals surface area (Å²) in [5.74, 6) is -0.0651. The molecule has 1 atom stereocenters. The minimum atomic E-state index is -0.891. The number of carbonyl (C=O) groups excluding carboxylic acids is 2. The number of hydrogen-bond acceptors (Lipinski definition) is 3. The highest BCUT2D eigenvalue weighted by atomic mass is 16.3. The van der Waals surface area contributed by atoms with Gasteiger partial charge in [0.05, 0.1) is 13.1 Å². The van der Waals surface area contributed by atoms with E-state index in [2.05, 4.69) is 0 Å². The first kappa shape index (κ1) is 14.1. The van der Waals surface area contributed by atoms with Gasteiger partial charge in [-0.1, -0.05) is 30.3 Å². The van der Waals surface area contributed by atoms with Crippen molar-refractivity contribution in [2.45, 2.75) is 25.5 Å². The van der Waals surface area contributed by atoms with Crippen LogP contribution in [0.15, 0.2) is 30.3 Å². The highest BCUT2D eigenvalue weighted by Crippen LogP contribution is 2.31. The molecule has 0 bridgehead atoms. The maximum atomic E-state index is 12.2. The summed E-state index contributed by atoms with van der Waals surface area (Å²) >= 11 is 0. The lowest BCUT2D eigenvalue weighted by molar-refractivity contribution is -0.160. The second kappa shape index (κ2) is 5.85.